The lowest BCUT2D eigenvalue weighted by molar-refractivity contribution is 0.0896. The van der Waals surface area contributed by atoms with Gasteiger partial charge in [-0.2, -0.15) is 0 Å². The van der Waals surface area contributed by atoms with Crippen LogP contribution in [0.2, 0.25) is 0 Å². The SMILES string of the molecule is O=C(c1cc2ccccc2o1)N(CC1CCCO1)c1nc2c(F)cc(F)cc2s1. The third-order valence-electron chi connectivity index (χ3n) is 4.92. The summed E-state index contributed by atoms with van der Waals surface area (Å²) in [6.45, 7) is 0.900. The van der Waals surface area contributed by atoms with Gasteiger partial charge in [0.25, 0.3) is 5.91 Å². The van der Waals surface area contributed by atoms with E-state index >= 15 is 0 Å². The number of fused-ring (bicyclic) bond motifs is 2. The fourth-order valence-electron chi connectivity index (χ4n) is 3.52. The zero-order valence-corrected chi connectivity index (χ0v) is 16.0. The lowest BCUT2D eigenvalue weighted by Gasteiger charge is -2.22. The van der Waals surface area contributed by atoms with Crippen LogP contribution in [0.25, 0.3) is 21.2 Å². The summed E-state index contributed by atoms with van der Waals surface area (Å²) in [7, 11) is 0. The van der Waals surface area contributed by atoms with Crippen LogP contribution in [0.3, 0.4) is 0 Å². The van der Waals surface area contributed by atoms with E-state index < -0.39 is 17.5 Å². The quantitative estimate of drug-likeness (QED) is 0.464. The molecule has 3 heterocycles. The highest BCUT2D eigenvalue weighted by Crippen LogP contribution is 2.33. The standard InChI is InChI=1S/C21H16F2N2O3S/c22-13-9-15(23)19-18(10-13)29-21(24-19)25(11-14-5-3-7-27-14)20(26)17-8-12-4-1-2-6-16(12)28-17/h1-2,4,6,8-10,14H,3,5,7,11H2. The highest BCUT2D eigenvalue weighted by molar-refractivity contribution is 7.22. The number of hydrogen-bond acceptors (Lipinski definition) is 5. The molecule has 0 saturated carbocycles. The molecule has 0 aliphatic carbocycles. The summed E-state index contributed by atoms with van der Waals surface area (Å²) in [4.78, 5) is 19.0. The summed E-state index contributed by atoms with van der Waals surface area (Å²) in [6.07, 6.45) is 1.59. The molecule has 1 aliphatic rings. The first kappa shape index (κ1) is 18.2. The summed E-state index contributed by atoms with van der Waals surface area (Å²) in [5.41, 5.74) is 0.645. The number of amides is 1. The summed E-state index contributed by atoms with van der Waals surface area (Å²) < 4.78 is 39.5. The number of carbonyl (C=O) groups excluding carboxylic acids is 1. The molecule has 2 aromatic carbocycles. The first-order valence-electron chi connectivity index (χ1n) is 9.26. The van der Waals surface area contributed by atoms with Crippen molar-refractivity contribution in [2.75, 3.05) is 18.1 Å². The Morgan fingerprint density at radius 2 is 2.10 bits per heavy atom. The predicted octanol–water partition coefficient (Wildman–Crippen LogP) is 5.15. The number of thiazole rings is 1. The van der Waals surface area contributed by atoms with E-state index in [4.69, 9.17) is 9.15 Å². The topological polar surface area (TPSA) is 55.6 Å². The average Bonchev–Trinajstić information content (AvgIpc) is 3.44. The van der Waals surface area contributed by atoms with E-state index in [9.17, 15) is 13.6 Å². The van der Waals surface area contributed by atoms with Gasteiger partial charge >= 0.3 is 0 Å². The van der Waals surface area contributed by atoms with E-state index in [1.165, 1.54) is 11.0 Å². The molecule has 1 fully saturated rings. The van der Waals surface area contributed by atoms with Crippen LogP contribution >= 0.6 is 11.3 Å². The molecule has 1 saturated heterocycles. The number of furan rings is 1. The molecule has 0 bridgehead atoms. The van der Waals surface area contributed by atoms with Crippen LogP contribution in [-0.4, -0.2) is 30.1 Å². The molecule has 1 amide bonds. The van der Waals surface area contributed by atoms with Gasteiger partial charge in [0.1, 0.15) is 16.9 Å². The second-order valence-electron chi connectivity index (χ2n) is 6.93. The summed E-state index contributed by atoms with van der Waals surface area (Å²) in [5, 5.41) is 1.09. The van der Waals surface area contributed by atoms with E-state index in [1.807, 2.05) is 18.2 Å². The average molecular weight is 414 g/mol. The Morgan fingerprint density at radius 3 is 2.90 bits per heavy atom. The minimum atomic E-state index is -0.754. The molecule has 5 rings (SSSR count). The first-order chi connectivity index (χ1) is 14.1. The fourth-order valence-corrected chi connectivity index (χ4v) is 4.53. The number of nitrogens with zero attached hydrogens (tertiary/aromatic N) is 2. The molecule has 0 N–H and O–H groups in total. The van der Waals surface area contributed by atoms with Crippen molar-refractivity contribution in [2.24, 2.45) is 0 Å². The predicted molar refractivity (Wildman–Crippen MR) is 106 cm³/mol. The second-order valence-corrected chi connectivity index (χ2v) is 7.94. The second kappa shape index (κ2) is 7.20. The van der Waals surface area contributed by atoms with Crippen LogP contribution in [0.4, 0.5) is 13.9 Å². The van der Waals surface area contributed by atoms with Gasteiger partial charge in [0.05, 0.1) is 17.3 Å². The van der Waals surface area contributed by atoms with Crippen LogP contribution in [0.15, 0.2) is 46.9 Å². The molecule has 0 spiro atoms. The van der Waals surface area contributed by atoms with E-state index in [2.05, 4.69) is 4.98 Å². The number of halogens is 2. The van der Waals surface area contributed by atoms with Gasteiger partial charge in [-0.3, -0.25) is 9.69 Å². The van der Waals surface area contributed by atoms with Crippen LogP contribution in [-0.2, 0) is 4.74 Å². The van der Waals surface area contributed by atoms with Crippen molar-refractivity contribution in [3.63, 3.8) is 0 Å². The van der Waals surface area contributed by atoms with Gasteiger partial charge in [-0.15, -0.1) is 0 Å². The minimum absolute atomic E-state index is 0.0427. The third kappa shape index (κ3) is 3.38. The molecule has 148 valence electrons. The summed E-state index contributed by atoms with van der Waals surface area (Å²) >= 11 is 1.06. The number of carbonyl (C=O) groups is 1. The number of aromatic nitrogens is 1. The highest BCUT2D eigenvalue weighted by atomic mass is 32.1. The smallest absolute Gasteiger partial charge is 0.295 e. The van der Waals surface area contributed by atoms with Gasteiger partial charge in [-0.25, -0.2) is 13.8 Å². The molecule has 5 nitrogen and oxygen atoms in total. The van der Waals surface area contributed by atoms with E-state index in [0.29, 0.717) is 16.9 Å². The number of ether oxygens (including phenoxy) is 1. The molecule has 29 heavy (non-hydrogen) atoms. The summed E-state index contributed by atoms with van der Waals surface area (Å²) in [5.74, 6) is -1.66. The molecular weight excluding hydrogens is 398 g/mol. The van der Waals surface area contributed by atoms with Crippen molar-refractivity contribution in [3.8, 4) is 0 Å². The Labute approximate surface area is 168 Å². The van der Waals surface area contributed by atoms with Gasteiger partial charge in [0.2, 0.25) is 0 Å². The monoisotopic (exact) mass is 414 g/mol. The number of benzene rings is 2. The lowest BCUT2D eigenvalue weighted by atomic mass is 10.2. The van der Waals surface area contributed by atoms with Crippen molar-refractivity contribution < 1.29 is 22.7 Å². The van der Waals surface area contributed by atoms with Gasteiger partial charge in [-0.1, -0.05) is 29.5 Å². The zero-order valence-electron chi connectivity index (χ0n) is 15.2. The van der Waals surface area contributed by atoms with Gasteiger partial charge < -0.3 is 9.15 Å². The van der Waals surface area contributed by atoms with Gasteiger partial charge in [-0.05, 0) is 31.0 Å². The van der Waals surface area contributed by atoms with E-state index in [1.54, 1.807) is 12.1 Å². The number of rotatable bonds is 4. The van der Waals surface area contributed by atoms with Gasteiger partial charge in [0.15, 0.2) is 16.7 Å². The number of para-hydroxylation sites is 1. The molecule has 1 aliphatic heterocycles. The van der Waals surface area contributed by atoms with Crippen molar-refractivity contribution >= 4 is 43.6 Å². The van der Waals surface area contributed by atoms with Crippen molar-refractivity contribution in [1.82, 2.24) is 4.98 Å². The Morgan fingerprint density at radius 1 is 1.24 bits per heavy atom. The molecular formula is C21H16F2N2O3S. The Kier molecular flexibility index (Phi) is 4.52. The molecule has 1 unspecified atom stereocenters. The van der Waals surface area contributed by atoms with Crippen LogP contribution < -0.4 is 4.90 Å². The minimum Gasteiger partial charge on any atom is -0.451 e. The fraction of sp³-hybridized carbons (Fsp3) is 0.238. The molecule has 8 heteroatoms. The molecule has 0 radical (unpaired) electrons. The highest BCUT2D eigenvalue weighted by Gasteiger charge is 2.29. The maximum atomic E-state index is 14.1. The Bertz CT molecular complexity index is 1180. The summed E-state index contributed by atoms with van der Waals surface area (Å²) in [6, 6.07) is 11.0. The maximum Gasteiger partial charge on any atom is 0.295 e. The normalized spacial score (nSPS) is 16.7. The first-order valence-corrected chi connectivity index (χ1v) is 10.1. The van der Waals surface area contributed by atoms with Crippen molar-refractivity contribution in [2.45, 2.75) is 18.9 Å². The Balaban J connectivity index is 1.57. The molecule has 1 atom stereocenters. The Hall–Kier alpha value is -2.84. The van der Waals surface area contributed by atoms with Crippen LogP contribution in [0, 0.1) is 11.6 Å². The van der Waals surface area contributed by atoms with Crippen molar-refractivity contribution in [3.05, 3.63) is 59.9 Å². The third-order valence-corrected chi connectivity index (χ3v) is 5.95. The lowest BCUT2D eigenvalue weighted by Crippen LogP contribution is -2.37. The maximum absolute atomic E-state index is 14.1. The largest absolute Gasteiger partial charge is 0.451 e. The van der Waals surface area contributed by atoms with E-state index in [0.717, 1.165) is 35.6 Å². The molecule has 4 aromatic rings. The van der Waals surface area contributed by atoms with Crippen molar-refractivity contribution in [1.29, 1.82) is 0 Å². The van der Waals surface area contributed by atoms with E-state index in [-0.39, 0.29) is 29.1 Å². The number of anilines is 1. The van der Waals surface area contributed by atoms with Gasteiger partial charge in [0, 0.05) is 18.1 Å². The number of hydrogen-bond donors (Lipinski definition) is 0. The molecule has 2 aromatic heterocycles. The zero-order chi connectivity index (χ0) is 20.0. The van der Waals surface area contributed by atoms with Crippen LogP contribution in [0.5, 0.6) is 0 Å². The van der Waals surface area contributed by atoms with Crippen LogP contribution in [0.1, 0.15) is 23.4 Å².